The first-order valence-electron chi connectivity index (χ1n) is 9.50. The highest BCUT2D eigenvalue weighted by molar-refractivity contribution is 5.19. The number of aliphatic hydroxyl groups is 1. The summed E-state index contributed by atoms with van der Waals surface area (Å²) in [4.78, 5) is 0. The Balaban J connectivity index is 1.31. The lowest BCUT2D eigenvalue weighted by atomic mass is 9.87. The molecule has 1 saturated carbocycles. The lowest BCUT2D eigenvalue weighted by Crippen LogP contribution is -2.31. The van der Waals surface area contributed by atoms with Crippen molar-refractivity contribution in [1.82, 2.24) is 5.32 Å². The molecule has 1 atom stereocenters. The van der Waals surface area contributed by atoms with Crippen molar-refractivity contribution >= 4 is 0 Å². The SMILES string of the molecule is OC(CNCC1CCC(OCc2ccccc2)CC1)c1cccc(F)c1. The second-order valence-corrected chi connectivity index (χ2v) is 7.17. The van der Waals surface area contributed by atoms with Crippen LogP contribution in [0.25, 0.3) is 0 Å². The van der Waals surface area contributed by atoms with E-state index in [1.807, 2.05) is 18.2 Å². The molecule has 2 N–H and O–H groups in total. The van der Waals surface area contributed by atoms with Gasteiger partial charge in [0.25, 0.3) is 0 Å². The van der Waals surface area contributed by atoms with E-state index in [4.69, 9.17) is 4.74 Å². The van der Waals surface area contributed by atoms with Crippen molar-refractivity contribution in [2.45, 2.75) is 44.5 Å². The van der Waals surface area contributed by atoms with Crippen LogP contribution in [0.3, 0.4) is 0 Å². The first kappa shape index (κ1) is 19.0. The van der Waals surface area contributed by atoms with E-state index in [1.165, 1.54) is 17.7 Å². The average Bonchev–Trinajstić information content (AvgIpc) is 2.68. The van der Waals surface area contributed by atoms with Crippen LogP contribution < -0.4 is 5.32 Å². The molecule has 0 saturated heterocycles. The molecule has 0 bridgehead atoms. The van der Waals surface area contributed by atoms with Crippen LogP contribution in [0.2, 0.25) is 0 Å². The van der Waals surface area contributed by atoms with Gasteiger partial charge in [-0.3, -0.25) is 0 Å². The van der Waals surface area contributed by atoms with Crippen molar-refractivity contribution in [3.8, 4) is 0 Å². The fourth-order valence-corrected chi connectivity index (χ4v) is 3.55. The smallest absolute Gasteiger partial charge is 0.123 e. The van der Waals surface area contributed by atoms with Gasteiger partial charge in [0.15, 0.2) is 0 Å². The molecule has 1 aliphatic carbocycles. The van der Waals surface area contributed by atoms with Crippen LogP contribution in [0.4, 0.5) is 4.39 Å². The average molecular weight is 357 g/mol. The molecule has 140 valence electrons. The molecule has 0 spiro atoms. The second-order valence-electron chi connectivity index (χ2n) is 7.17. The van der Waals surface area contributed by atoms with E-state index >= 15 is 0 Å². The van der Waals surface area contributed by atoms with E-state index in [1.54, 1.807) is 12.1 Å². The zero-order valence-electron chi connectivity index (χ0n) is 15.1. The summed E-state index contributed by atoms with van der Waals surface area (Å²) in [5.74, 6) is 0.307. The van der Waals surface area contributed by atoms with Crippen LogP contribution in [0, 0.1) is 11.7 Å². The van der Waals surface area contributed by atoms with Crippen molar-refractivity contribution in [3.05, 3.63) is 71.5 Å². The monoisotopic (exact) mass is 357 g/mol. The van der Waals surface area contributed by atoms with Crippen molar-refractivity contribution in [3.63, 3.8) is 0 Å². The van der Waals surface area contributed by atoms with Gasteiger partial charge in [0, 0.05) is 6.54 Å². The Labute approximate surface area is 155 Å². The minimum Gasteiger partial charge on any atom is -0.387 e. The highest BCUT2D eigenvalue weighted by Gasteiger charge is 2.21. The van der Waals surface area contributed by atoms with Crippen LogP contribution in [0.1, 0.15) is 42.9 Å². The lowest BCUT2D eigenvalue weighted by Gasteiger charge is -2.29. The highest BCUT2D eigenvalue weighted by Crippen LogP contribution is 2.26. The maximum absolute atomic E-state index is 13.2. The number of nitrogens with one attached hydrogen (secondary N) is 1. The minimum atomic E-state index is -0.670. The standard InChI is InChI=1S/C22H28FNO2/c23-20-8-4-7-19(13-20)22(25)15-24-14-17-9-11-21(12-10-17)26-16-18-5-2-1-3-6-18/h1-8,13,17,21-22,24-25H,9-12,14-16H2. The number of halogens is 1. The van der Waals surface area contributed by atoms with E-state index in [0.717, 1.165) is 32.2 Å². The number of aliphatic hydroxyl groups excluding tert-OH is 1. The second kappa shape index (κ2) is 9.81. The maximum atomic E-state index is 13.2. The van der Waals surface area contributed by atoms with Crippen molar-refractivity contribution in [2.75, 3.05) is 13.1 Å². The molecule has 26 heavy (non-hydrogen) atoms. The first-order chi connectivity index (χ1) is 12.7. The van der Waals surface area contributed by atoms with Gasteiger partial charge >= 0.3 is 0 Å². The van der Waals surface area contributed by atoms with Crippen LogP contribution >= 0.6 is 0 Å². The molecule has 3 rings (SSSR count). The van der Waals surface area contributed by atoms with E-state index in [2.05, 4.69) is 17.4 Å². The number of ether oxygens (including phenoxy) is 1. The normalized spacial score (nSPS) is 21.5. The summed E-state index contributed by atoms with van der Waals surface area (Å²) in [5, 5.41) is 13.5. The Morgan fingerprint density at radius 2 is 1.81 bits per heavy atom. The van der Waals surface area contributed by atoms with E-state index in [0.29, 0.717) is 30.7 Å². The van der Waals surface area contributed by atoms with E-state index in [-0.39, 0.29) is 5.82 Å². The zero-order valence-corrected chi connectivity index (χ0v) is 15.1. The van der Waals surface area contributed by atoms with Crippen LogP contribution in [0.5, 0.6) is 0 Å². The highest BCUT2D eigenvalue weighted by atomic mass is 19.1. The summed E-state index contributed by atoms with van der Waals surface area (Å²) in [6.07, 6.45) is 4.14. The van der Waals surface area contributed by atoms with Gasteiger partial charge in [0.1, 0.15) is 5.82 Å². The van der Waals surface area contributed by atoms with Gasteiger partial charge in [0.2, 0.25) is 0 Å². The largest absolute Gasteiger partial charge is 0.387 e. The van der Waals surface area contributed by atoms with Gasteiger partial charge in [-0.25, -0.2) is 4.39 Å². The first-order valence-corrected chi connectivity index (χ1v) is 9.50. The summed E-state index contributed by atoms with van der Waals surface area (Å²) in [6, 6.07) is 16.5. The van der Waals surface area contributed by atoms with Gasteiger partial charge in [-0.1, -0.05) is 42.5 Å². The lowest BCUT2D eigenvalue weighted by molar-refractivity contribution is 0.00697. The van der Waals surface area contributed by atoms with Gasteiger partial charge < -0.3 is 15.2 Å². The Morgan fingerprint density at radius 3 is 2.54 bits per heavy atom. The Morgan fingerprint density at radius 1 is 1.04 bits per heavy atom. The van der Waals surface area contributed by atoms with E-state index < -0.39 is 6.10 Å². The molecule has 2 aromatic carbocycles. The Kier molecular flexibility index (Phi) is 7.18. The van der Waals surface area contributed by atoms with Crippen LogP contribution in [0.15, 0.2) is 54.6 Å². The fraction of sp³-hybridized carbons (Fsp3) is 0.455. The molecule has 1 unspecified atom stereocenters. The fourth-order valence-electron chi connectivity index (χ4n) is 3.55. The summed E-state index contributed by atoms with van der Waals surface area (Å²) < 4.78 is 19.2. The van der Waals surface area contributed by atoms with Crippen molar-refractivity contribution in [1.29, 1.82) is 0 Å². The minimum absolute atomic E-state index is 0.310. The molecule has 0 amide bonds. The topological polar surface area (TPSA) is 41.5 Å². The summed E-state index contributed by atoms with van der Waals surface area (Å²) in [7, 11) is 0. The Bertz CT molecular complexity index is 656. The number of benzene rings is 2. The van der Waals surface area contributed by atoms with Gasteiger partial charge in [-0.2, -0.15) is 0 Å². The summed E-state index contributed by atoms with van der Waals surface area (Å²) in [5.41, 5.74) is 1.85. The molecule has 0 aliphatic heterocycles. The number of hydrogen-bond acceptors (Lipinski definition) is 3. The zero-order chi connectivity index (χ0) is 18.2. The Hall–Kier alpha value is -1.75. The predicted octanol–water partition coefficient (Wildman–Crippen LogP) is 4.22. The molecule has 4 heteroatoms. The third-order valence-corrected chi connectivity index (χ3v) is 5.13. The summed E-state index contributed by atoms with van der Waals surface area (Å²) >= 11 is 0. The molecule has 0 radical (unpaired) electrons. The van der Waals surface area contributed by atoms with Gasteiger partial charge in [-0.05, 0) is 61.4 Å². The van der Waals surface area contributed by atoms with Gasteiger partial charge in [-0.15, -0.1) is 0 Å². The number of hydrogen-bond donors (Lipinski definition) is 2. The van der Waals surface area contributed by atoms with Crippen molar-refractivity contribution < 1.29 is 14.2 Å². The number of rotatable bonds is 8. The maximum Gasteiger partial charge on any atom is 0.123 e. The van der Waals surface area contributed by atoms with Crippen LogP contribution in [-0.2, 0) is 11.3 Å². The molecule has 0 aromatic heterocycles. The molecule has 1 aliphatic rings. The molecular formula is C22H28FNO2. The quantitative estimate of drug-likeness (QED) is 0.743. The molecule has 0 heterocycles. The molecular weight excluding hydrogens is 329 g/mol. The molecule has 1 fully saturated rings. The van der Waals surface area contributed by atoms with Gasteiger partial charge in [0.05, 0.1) is 18.8 Å². The van der Waals surface area contributed by atoms with Crippen LogP contribution in [-0.4, -0.2) is 24.3 Å². The van der Waals surface area contributed by atoms with Crippen molar-refractivity contribution in [2.24, 2.45) is 5.92 Å². The summed E-state index contributed by atoms with van der Waals surface area (Å²) in [6.45, 7) is 2.03. The third kappa shape index (κ3) is 5.90. The molecule has 2 aromatic rings. The molecule has 3 nitrogen and oxygen atoms in total. The predicted molar refractivity (Wildman–Crippen MR) is 101 cm³/mol. The third-order valence-electron chi connectivity index (χ3n) is 5.13. The van der Waals surface area contributed by atoms with E-state index in [9.17, 15) is 9.50 Å².